The van der Waals surface area contributed by atoms with Crippen molar-refractivity contribution in [3.8, 4) is 12.3 Å². The van der Waals surface area contributed by atoms with Crippen LogP contribution < -0.4 is 0 Å². The van der Waals surface area contributed by atoms with Gasteiger partial charge in [-0.2, -0.15) is 0 Å². The molecule has 0 aromatic rings. The van der Waals surface area contributed by atoms with E-state index in [1.807, 2.05) is 25.2 Å². The first-order valence-electron chi connectivity index (χ1n) is 3.13. The van der Waals surface area contributed by atoms with Crippen molar-refractivity contribution in [1.82, 2.24) is 0 Å². The van der Waals surface area contributed by atoms with E-state index in [1.54, 1.807) is 0 Å². The number of rotatable bonds is 3. The molecule has 0 saturated heterocycles. The van der Waals surface area contributed by atoms with Crippen LogP contribution >= 0.6 is 0 Å². The Hall–Kier alpha value is -0.960. The Bertz CT molecular complexity index is 133. The summed E-state index contributed by atoms with van der Waals surface area (Å²) in [5.41, 5.74) is 0. The number of hydrogen-bond acceptors (Lipinski definition) is 0. The molecule has 0 aromatic heterocycles. The van der Waals surface area contributed by atoms with Gasteiger partial charge in [0.15, 0.2) is 0 Å². The lowest BCUT2D eigenvalue weighted by molar-refractivity contribution is 1.09. The summed E-state index contributed by atoms with van der Waals surface area (Å²) >= 11 is 0. The first-order chi connectivity index (χ1) is 4.41. The molecule has 0 rings (SSSR count). The Morgan fingerprint density at radius 1 is 1.44 bits per heavy atom. The Kier molecular flexibility index (Phi) is 6.29. The molecule has 0 atom stereocenters. The van der Waals surface area contributed by atoms with Gasteiger partial charge in [-0.3, -0.25) is 0 Å². The van der Waals surface area contributed by atoms with Crippen LogP contribution in [0.15, 0.2) is 24.3 Å². The molecular formula is C9H12. The van der Waals surface area contributed by atoms with Crippen LogP contribution in [0.25, 0.3) is 0 Å². The zero-order valence-electron chi connectivity index (χ0n) is 5.80. The van der Waals surface area contributed by atoms with Crippen molar-refractivity contribution < 1.29 is 0 Å². The molecule has 0 nitrogen and oxygen atoms in total. The van der Waals surface area contributed by atoms with Crippen molar-refractivity contribution in [2.45, 2.75) is 19.8 Å². The molecule has 0 heteroatoms. The molecule has 0 aliphatic rings. The quantitative estimate of drug-likeness (QED) is 0.305. The maximum Gasteiger partial charge on any atom is 0.0121 e. The van der Waals surface area contributed by atoms with Gasteiger partial charge in [-0.15, -0.1) is 12.3 Å². The van der Waals surface area contributed by atoms with Crippen molar-refractivity contribution in [3.63, 3.8) is 0 Å². The summed E-state index contributed by atoms with van der Waals surface area (Å²) in [5.74, 6) is 2.57. The molecule has 0 saturated carbocycles. The van der Waals surface area contributed by atoms with Crippen LogP contribution in [-0.2, 0) is 0 Å². The molecule has 0 radical (unpaired) electrons. The lowest BCUT2D eigenvalue weighted by Crippen LogP contribution is -1.61. The number of allylic oxidation sites excluding steroid dienone is 4. The monoisotopic (exact) mass is 120 g/mol. The number of unbranched alkanes of at least 4 members (excludes halogenated alkanes) is 1. The van der Waals surface area contributed by atoms with Crippen LogP contribution in [-0.4, -0.2) is 0 Å². The van der Waals surface area contributed by atoms with Crippen molar-refractivity contribution in [2.24, 2.45) is 0 Å². The molecule has 0 unspecified atom stereocenters. The summed E-state index contributed by atoms with van der Waals surface area (Å²) in [5, 5.41) is 0. The summed E-state index contributed by atoms with van der Waals surface area (Å²) in [6.07, 6.45) is 14.9. The smallest absolute Gasteiger partial charge is 0.0121 e. The first-order valence-corrected chi connectivity index (χ1v) is 3.13. The molecule has 48 valence electrons. The molecule has 0 aromatic carbocycles. The van der Waals surface area contributed by atoms with E-state index >= 15 is 0 Å². The molecule has 0 N–H and O–H groups in total. The van der Waals surface area contributed by atoms with Crippen LogP contribution in [0.2, 0.25) is 0 Å². The van der Waals surface area contributed by atoms with Gasteiger partial charge in [-0.1, -0.05) is 24.3 Å². The molecule has 0 aliphatic heterocycles. The minimum Gasteiger partial charge on any atom is -0.120 e. The fourth-order valence-corrected chi connectivity index (χ4v) is 0.453. The lowest BCUT2D eigenvalue weighted by atomic mass is 10.3. The summed E-state index contributed by atoms with van der Waals surface area (Å²) in [6.45, 7) is 1.99. The molecular weight excluding hydrogens is 108 g/mol. The Labute approximate surface area is 57.3 Å². The molecule has 0 bridgehead atoms. The third kappa shape index (κ3) is 7.04. The average Bonchev–Trinajstić information content (AvgIpc) is 1.89. The van der Waals surface area contributed by atoms with Gasteiger partial charge in [0.1, 0.15) is 0 Å². The fraction of sp³-hybridized carbons (Fsp3) is 0.333. The van der Waals surface area contributed by atoms with E-state index in [0.717, 1.165) is 12.8 Å². The van der Waals surface area contributed by atoms with Gasteiger partial charge in [0.05, 0.1) is 0 Å². The van der Waals surface area contributed by atoms with E-state index in [4.69, 9.17) is 6.42 Å². The minimum absolute atomic E-state index is 0.841. The first kappa shape index (κ1) is 8.04. The maximum absolute atomic E-state index is 5.04. The van der Waals surface area contributed by atoms with Crippen molar-refractivity contribution >= 4 is 0 Å². The maximum atomic E-state index is 5.04. The van der Waals surface area contributed by atoms with Crippen LogP contribution in [0.5, 0.6) is 0 Å². The zero-order valence-corrected chi connectivity index (χ0v) is 5.80. The highest BCUT2D eigenvalue weighted by Crippen LogP contribution is 1.88. The second-order valence-corrected chi connectivity index (χ2v) is 1.70. The van der Waals surface area contributed by atoms with Crippen molar-refractivity contribution in [1.29, 1.82) is 0 Å². The second kappa shape index (κ2) is 7.04. The summed E-state index contributed by atoms with van der Waals surface area (Å²) in [7, 11) is 0. The van der Waals surface area contributed by atoms with Gasteiger partial charge in [0.25, 0.3) is 0 Å². The van der Waals surface area contributed by atoms with E-state index in [1.165, 1.54) is 0 Å². The topological polar surface area (TPSA) is 0 Å². The molecule has 0 fully saturated rings. The standard InChI is InChI=1S/C9H12/c1-3-5-7-9-8-6-4-2/h1,4,6,8-9H,5,7H2,2H3/b6-4-,9-8-. The fourth-order valence-electron chi connectivity index (χ4n) is 0.453. The van der Waals surface area contributed by atoms with Crippen molar-refractivity contribution in [2.75, 3.05) is 0 Å². The van der Waals surface area contributed by atoms with Gasteiger partial charge < -0.3 is 0 Å². The number of terminal acetylenes is 1. The molecule has 0 spiro atoms. The van der Waals surface area contributed by atoms with Crippen LogP contribution in [0.3, 0.4) is 0 Å². The third-order valence-electron chi connectivity index (χ3n) is 0.895. The minimum atomic E-state index is 0.841. The van der Waals surface area contributed by atoms with Gasteiger partial charge in [-0.05, 0) is 13.3 Å². The predicted molar refractivity (Wildman–Crippen MR) is 42.0 cm³/mol. The Morgan fingerprint density at radius 2 is 2.22 bits per heavy atom. The van der Waals surface area contributed by atoms with Crippen molar-refractivity contribution in [3.05, 3.63) is 24.3 Å². The molecule has 0 amide bonds. The van der Waals surface area contributed by atoms with Gasteiger partial charge in [0, 0.05) is 6.42 Å². The predicted octanol–water partition coefficient (Wildman–Crippen LogP) is 2.53. The van der Waals surface area contributed by atoms with Gasteiger partial charge >= 0.3 is 0 Å². The number of hydrogen-bond donors (Lipinski definition) is 0. The van der Waals surface area contributed by atoms with E-state index < -0.39 is 0 Å². The SMILES string of the molecule is C#CCC/C=C\C=C/C. The van der Waals surface area contributed by atoms with E-state index in [9.17, 15) is 0 Å². The Morgan fingerprint density at radius 3 is 2.78 bits per heavy atom. The van der Waals surface area contributed by atoms with Gasteiger partial charge in [-0.25, -0.2) is 0 Å². The van der Waals surface area contributed by atoms with E-state index in [0.29, 0.717) is 0 Å². The van der Waals surface area contributed by atoms with E-state index in [2.05, 4.69) is 12.0 Å². The summed E-state index contributed by atoms with van der Waals surface area (Å²) in [4.78, 5) is 0. The normalized spacial score (nSPS) is 10.7. The third-order valence-corrected chi connectivity index (χ3v) is 0.895. The lowest BCUT2D eigenvalue weighted by Gasteiger charge is -1.78. The molecule has 0 heterocycles. The zero-order chi connectivity index (χ0) is 6.95. The van der Waals surface area contributed by atoms with Crippen LogP contribution in [0, 0.1) is 12.3 Å². The highest BCUT2D eigenvalue weighted by Gasteiger charge is 1.70. The largest absolute Gasteiger partial charge is 0.120 e. The second-order valence-electron chi connectivity index (χ2n) is 1.70. The summed E-state index contributed by atoms with van der Waals surface area (Å²) in [6, 6.07) is 0. The summed E-state index contributed by atoms with van der Waals surface area (Å²) < 4.78 is 0. The molecule has 0 aliphatic carbocycles. The average molecular weight is 120 g/mol. The van der Waals surface area contributed by atoms with E-state index in [-0.39, 0.29) is 0 Å². The Balaban J connectivity index is 3.17. The highest BCUT2D eigenvalue weighted by molar-refractivity contribution is 5.02. The van der Waals surface area contributed by atoms with Gasteiger partial charge in [0.2, 0.25) is 0 Å². The highest BCUT2D eigenvalue weighted by atomic mass is 13.8. The molecule has 9 heavy (non-hydrogen) atoms. The van der Waals surface area contributed by atoms with Crippen LogP contribution in [0.4, 0.5) is 0 Å². The van der Waals surface area contributed by atoms with Crippen LogP contribution in [0.1, 0.15) is 19.8 Å².